The number of benzene rings is 1. The van der Waals surface area contributed by atoms with Crippen molar-refractivity contribution in [3.63, 3.8) is 0 Å². The zero-order chi connectivity index (χ0) is 11.1. The van der Waals surface area contributed by atoms with Crippen LogP contribution in [0.2, 0.25) is 0 Å². The average molecular weight is 215 g/mol. The lowest BCUT2D eigenvalue weighted by Gasteiger charge is -2.19. The minimum Gasteiger partial charge on any atom is -0.355 e. The maximum Gasteiger partial charge on any atom is 0.262 e. The summed E-state index contributed by atoms with van der Waals surface area (Å²) in [7, 11) is 0. The molecule has 0 saturated carbocycles. The Morgan fingerprint density at radius 1 is 1.44 bits per heavy atom. The number of aromatic nitrogens is 2. The molecule has 0 saturated heterocycles. The lowest BCUT2D eigenvalue weighted by molar-refractivity contribution is 0.602. The van der Waals surface area contributed by atoms with Crippen LogP contribution in [0, 0.1) is 6.92 Å². The summed E-state index contributed by atoms with van der Waals surface area (Å²) in [6.45, 7) is 3.64. The van der Waals surface area contributed by atoms with Gasteiger partial charge in [0.1, 0.15) is 0 Å². The fraction of sp³-hybridized carbons (Fsp3) is 0.333. The molecular weight excluding hydrogens is 202 g/mol. The van der Waals surface area contributed by atoms with Crippen molar-refractivity contribution in [3.05, 3.63) is 34.1 Å². The number of hydrogen-bond acceptors (Lipinski definition) is 3. The van der Waals surface area contributed by atoms with Crippen molar-refractivity contribution in [1.29, 1.82) is 0 Å². The Morgan fingerprint density at radius 3 is 3.19 bits per heavy atom. The molecule has 1 aromatic heterocycles. The standard InChI is InChI=1S/C12H13N3O/c1-8-3-4-10-9(7-8)11(16)15-6-2-5-13-12(15)14-10/h3-4,7H,2,5-6H2,1H3,(H,13,14). The molecule has 4 heteroatoms. The number of anilines is 1. The number of fused-ring (bicyclic) bond motifs is 2. The van der Waals surface area contributed by atoms with E-state index in [2.05, 4.69) is 10.3 Å². The van der Waals surface area contributed by atoms with Crippen molar-refractivity contribution in [2.24, 2.45) is 0 Å². The highest BCUT2D eigenvalue weighted by atomic mass is 16.1. The molecule has 0 atom stereocenters. The van der Waals surface area contributed by atoms with Gasteiger partial charge in [-0.3, -0.25) is 9.36 Å². The summed E-state index contributed by atoms with van der Waals surface area (Å²) in [5, 5.41) is 3.88. The van der Waals surface area contributed by atoms with Crippen molar-refractivity contribution in [3.8, 4) is 0 Å². The Hall–Kier alpha value is -1.84. The molecule has 1 aromatic carbocycles. The van der Waals surface area contributed by atoms with Crippen LogP contribution < -0.4 is 10.9 Å². The molecule has 0 radical (unpaired) electrons. The first-order chi connectivity index (χ1) is 7.75. The second kappa shape index (κ2) is 3.33. The van der Waals surface area contributed by atoms with E-state index in [4.69, 9.17) is 0 Å². The van der Waals surface area contributed by atoms with Gasteiger partial charge in [-0.05, 0) is 25.5 Å². The first kappa shape index (κ1) is 9.39. The van der Waals surface area contributed by atoms with Gasteiger partial charge in [-0.15, -0.1) is 0 Å². The molecular formula is C12H13N3O. The smallest absolute Gasteiger partial charge is 0.262 e. The van der Waals surface area contributed by atoms with Crippen molar-refractivity contribution in [2.75, 3.05) is 11.9 Å². The van der Waals surface area contributed by atoms with E-state index in [9.17, 15) is 4.79 Å². The minimum atomic E-state index is 0.0656. The van der Waals surface area contributed by atoms with Crippen molar-refractivity contribution in [2.45, 2.75) is 19.9 Å². The predicted octanol–water partition coefficient (Wildman–Crippen LogP) is 1.52. The van der Waals surface area contributed by atoms with Crippen LogP contribution in [0.3, 0.4) is 0 Å². The summed E-state index contributed by atoms with van der Waals surface area (Å²) < 4.78 is 1.73. The lowest BCUT2D eigenvalue weighted by Crippen LogP contribution is -2.30. The van der Waals surface area contributed by atoms with Gasteiger partial charge in [0.2, 0.25) is 5.95 Å². The van der Waals surface area contributed by atoms with Gasteiger partial charge < -0.3 is 5.32 Å². The van der Waals surface area contributed by atoms with Gasteiger partial charge in [-0.25, -0.2) is 4.98 Å². The van der Waals surface area contributed by atoms with E-state index in [1.807, 2.05) is 25.1 Å². The molecule has 2 aromatic rings. The second-order valence-corrected chi connectivity index (χ2v) is 4.19. The van der Waals surface area contributed by atoms with E-state index in [1.165, 1.54) is 0 Å². The normalized spacial score (nSPS) is 14.6. The maximum absolute atomic E-state index is 12.2. The van der Waals surface area contributed by atoms with Crippen LogP contribution in [-0.4, -0.2) is 16.1 Å². The highest BCUT2D eigenvalue weighted by molar-refractivity contribution is 5.79. The number of hydrogen-bond donors (Lipinski definition) is 1. The molecule has 1 aliphatic rings. The zero-order valence-corrected chi connectivity index (χ0v) is 9.16. The molecule has 0 fully saturated rings. The second-order valence-electron chi connectivity index (χ2n) is 4.19. The third kappa shape index (κ3) is 1.30. The zero-order valence-electron chi connectivity index (χ0n) is 9.16. The van der Waals surface area contributed by atoms with Gasteiger partial charge in [0.25, 0.3) is 5.56 Å². The molecule has 0 unspecified atom stereocenters. The third-order valence-corrected chi connectivity index (χ3v) is 2.95. The van der Waals surface area contributed by atoms with E-state index in [1.54, 1.807) is 4.57 Å². The topological polar surface area (TPSA) is 46.9 Å². The lowest BCUT2D eigenvalue weighted by atomic mass is 10.1. The van der Waals surface area contributed by atoms with Crippen LogP contribution in [0.4, 0.5) is 5.95 Å². The largest absolute Gasteiger partial charge is 0.355 e. The summed E-state index contributed by atoms with van der Waals surface area (Å²) in [6.07, 6.45) is 0.978. The van der Waals surface area contributed by atoms with Gasteiger partial charge in [0.05, 0.1) is 10.9 Å². The Labute approximate surface area is 92.9 Å². The molecule has 16 heavy (non-hydrogen) atoms. The number of rotatable bonds is 0. The van der Waals surface area contributed by atoms with Crippen LogP contribution in [0.1, 0.15) is 12.0 Å². The highest BCUT2D eigenvalue weighted by Crippen LogP contribution is 2.15. The van der Waals surface area contributed by atoms with E-state index < -0.39 is 0 Å². The quantitative estimate of drug-likeness (QED) is 0.724. The Bertz CT molecular complexity index is 615. The van der Waals surface area contributed by atoms with Gasteiger partial charge in [-0.2, -0.15) is 0 Å². The molecule has 0 bridgehead atoms. The van der Waals surface area contributed by atoms with Gasteiger partial charge in [0, 0.05) is 13.1 Å². The Kier molecular flexibility index (Phi) is 1.96. The summed E-state index contributed by atoms with van der Waals surface area (Å²) in [6, 6.07) is 5.80. The summed E-state index contributed by atoms with van der Waals surface area (Å²) >= 11 is 0. The van der Waals surface area contributed by atoms with Crippen molar-refractivity contribution in [1.82, 2.24) is 9.55 Å². The SMILES string of the molecule is Cc1ccc2nc3n(c(=O)c2c1)CCCN3. The summed E-state index contributed by atoms with van der Waals surface area (Å²) in [5.41, 5.74) is 1.93. The van der Waals surface area contributed by atoms with Crippen LogP contribution >= 0.6 is 0 Å². The number of nitrogens with zero attached hydrogens (tertiary/aromatic N) is 2. The molecule has 0 aliphatic carbocycles. The first-order valence-corrected chi connectivity index (χ1v) is 5.51. The monoisotopic (exact) mass is 215 g/mol. The van der Waals surface area contributed by atoms with Crippen molar-refractivity contribution < 1.29 is 0 Å². The fourth-order valence-electron chi connectivity index (χ4n) is 2.11. The van der Waals surface area contributed by atoms with Crippen molar-refractivity contribution >= 4 is 16.9 Å². The van der Waals surface area contributed by atoms with Gasteiger partial charge in [-0.1, -0.05) is 11.6 Å². The van der Waals surface area contributed by atoms with Gasteiger partial charge in [0.15, 0.2) is 0 Å². The molecule has 82 valence electrons. The van der Waals surface area contributed by atoms with E-state index in [0.717, 1.165) is 30.6 Å². The molecule has 0 spiro atoms. The number of nitrogens with one attached hydrogen (secondary N) is 1. The third-order valence-electron chi connectivity index (χ3n) is 2.95. The Balaban J connectivity index is 2.40. The molecule has 1 aliphatic heterocycles. The van der Waals surface area contributed by atoms with Crippen LogP contribution in [0.15, 0.2) is 23.0 Å². The molecule has 0 amide bonds. The number of aryl methyl sites for hydroxylation is 1. The summed E-state index contributed by atoms with van der Waals surface area (Å²) in [4.78, 5) is 16.7. The van der Waals surface area contributed by atoms with E-state index in [-0.39, 0.29) is 5.56 Å². The van der Waals surface area contributed by atoms with Crippen LogP contribution in [0.5, 0.6) is 0 Å². The fourth-order valence-corrected chi connectivity index (χ4v) is 2.11. The van der Waals surface area contributed by atoms with Gasteiger partial charge >= 0.3 is 0 Å². The van der Waals surface area contributed by atoms with E-state index in [0.29, 0.717) is 11.3 Å². The molecule has 4 nitrogen and oxygen atoms in total. The van der Waals surface area contributed by atoms with E-state index >= 15 is 0 Å². The highest BCUT2D eigenvalue weighted by Gasteiger charge is 2.13. The molecule has 2 heterocycles. The van der Waals surface area contributed by atoms with Crippen LogP contribution in [0.25, 0.3) is 10.9 Å². The molecule has 1 N–H and O–H groups in total. The Morgan fingerprint density at radius 2 is 2.31 bits per heavy atom. The maximum atomic E-state index is 12.2. The molecule has 3 rings (SSSR count). The first-order valence-electron chi connectivity index (χ1n) is 5.51. The average Bonchev–Trinajstić information content (AvgIpc) is 2.31. The summed E-state index contributed by atoms with van der Waals surface area (Å²) in [5.74, 6) is 0.701. The predicted molar refractivity (Wildman–Crippen MR) is 63.8 cm³/mol. The minimum absolute atomic E-state index is 0.0656. The van der Waals surface area contributed by atoms with Crippen LogP contribution in [-0.2, 0) is 6.54 Å².